The molecule has 2 aromatic heterocycles. The van der Waals surface area contributed by atoms with Crippen molar-refractivity contribution in [1.82, 2.24) is 40.4 Å². The van der Waals surface area contributed by atoms with Crippen molar-refractivity contribution in [3.05, 3.63) is 71.5 Å². The van der Waals surface area contributed by atoms with Crippen molar-refractivity contribution in [2.45, 2.75) is 117 Å². The van der Waals surface area contributed by atoms with Crippen molar-refractivity contribution >= 4 is 40.5 Å². The van der Waals surface area contributed by atoms with Crippen LogP contribution in [0.15, 0.2) is 54.9 Å². The summed E-state index contributed by atoms with van der Waals surface area (Å²) in [6.45, 7) is 14.8. The molecule has 0 unspecified atom stereocenters. The fourth-order valence-electron chi connectivity index (χ4n) is 9.44. The van der Waals surface area contributed by atoms with Crippen LogP contribution in [-0.4, -0.2) is 123 Å². The molecule has 0 aliphatic carbocycles. The van der Waals surface area contributed by atoms with Crippen molar-refractivity contribution < 1.29 is 33.8 Å². The monoisotopic (exact) mass is 876 g/mol. The summed E-state index contributed by atoms with van der Waals surface area (Å²) in [6, 6.07) is 10.3. The van der Waals surface area contributed by atoms with E-state index in [2.05, 4.69) is 71.5 Å². The number of benzene rings is 2. The summed E-state index contributed by atoms with van der Waals surface area (Å²) in [6.07, 6.45) is 6.11. The Bertz CT molecular complexity index is 2440. The van der Waals surface area contributed by atoms with Crippen LogP contribution >= 0.6 is 0 Å². The minimum absolute atomic E-state index is 0.00518. The number of esters is 1. The Morgan fingerprint density at radius 1 is 1.06 bits per heavy atom. The Kier molecular flexibility index (Phi) is 13.5. The highest BCUT2D eigenvalue weighted by Crippen LogP contribution is 2.41. The van der Waals surface area contributed by atoms with E-state index in [0.29, 0.717) is 31.4 Å². The maximum atomic E-state index is 14.7. The zero-order valence-corrected chi connectivity index (χ0v) is 38.7. The van der Waals surface area contributed by atoms with E-state index in [1.165, 1.54) is 27.4 Å². The molecule has 4 amide bonds. The van der Waals surface area contributed by atoms with Gasteiger partial charge in [-0.05, 0) is 104 Å². The van der Waals surface area contributed by atoms with E-state index in [1.807, 2.05) is 45.3 Å². The Labute approximate surface area is 375 Å². The third-order valence-electron chi connectivity index (χ3n) is 13.0. The number of aromatic hydroxyl groups is 1. The summed E-state index contributed by atoms with van der Waals surface area (Å²) in [5.41, 5.74) is 10.2. The average Bonchev–Trinajstić information content (AvgIpc) is 3.93. The Morgan fingerprint density at radius 3 is 2.50 bits per heavy atom. The number of hydrazine groups is 1. The van der Waals surface area contributed by atoms with Crippen LogP contribution in [0.4, 0.5) is 0 Å². The summed E-state index contributed by atoms with van der Waals surface area (Å²) in [4.78, 5) is 76.6. The van der Waals surface area contributed by atoms with Crippen LogP contribution in [0.3, 0.4) is 0 Å². The quantitative estimate of drug-likeness (QED) is 0.130. The number of rotatable bonds is 10. The molecule has 2 aromatic carbocycles. The number of hydrogen-bond donors (Lipinski definition) is 4. The number of phenolic OH excluding ortho intramolecular Hbond substituents is 1. The number of pyridine rings is 1. The number of cyclic esters (lactones) is 1. The molecule has 0 saturated carbocycles. The maximum Gasteiger partial charge on any atom is 0.324 e. The van der Waals surface area contributed by atoms with E-state index < -0.39 is 47.2 Å². The second kappa shape index (κ2) is 18.7. The highest BCUT2D eigenvalue weighted by Gasteiger charge is 2.42. The number of fused-ring (bicyclic) bond motifs is 6. The Balaban J connectivity index is 1.29. The maximum absolute atomic E-state index is 14.7. The van der Waals surface area contributed by atoms with Crippen LogP contribution in [0.1, 0.15) is 78.0 Å². The van der Waals surface area contributed by atoms with Gasteiger partial charge in [0.2, 0.25) is 17.7 Å². The van der Waals surface area contributed by atoms with Gasteiger partial charge in [0.1, 0.15) is 29.9 Å². The number of aryl methyl sites for hydroxylation is 2. The van der Waals surface area contributed by atoms with Crippen molar-refractivity contribution in [3.63, 3.8) is 0 Å². The SMILES string of the molecule is CCc1ccncc1-c1c2c3cc(ccc3n1CC)-c1cc(O)cc(c1)C[C@H](NC(=O)[C@H](C(C)C)N(C)C(=O)CN(C)C(=O)[C@H]1N[C@@H]1C)C(=O)N1CCC[C@H](N1)C(=O)OCC(C)(C)C2. The van der Waals surface area contributed by atoms with Gasteiger partial charge >= 0.3 is 5.97 Å². The molecular formula is C49H64N8O7. The van der Waals surface area contributed by atoms with Gasteiger partial charge < -0.3 is 29.5 Å². The predicted molar refractivity (Wildman–Crippen MR) is 245 cm³/mol. The largest absolute Gasteiger partial charge is 0.508 e. The van der Waals surface area contributed by atoms with Gasteiger partial charge in [-0.1, -0.05) is 46.8 Å². The normalized spacial score (nSPS) is 21.5. The van der Waals surface area contributed by atoms with Crippen molar-refractivity contribution in [2.24, 2.45) is 11.3 Å². The van der Waals surface area contributed by atoms with Crippen molar-refractivity contribution in [1.29, 1.82) is 0 Å². The van der Waals surface area contributed by atoms with Gasteiger partial charge in [0, 0.05) is 73.9 Å². The minimum atomic E-state index is -1.17. The number of carbonyl (C=O) groups excluding carboxylic acids is 5. The molecule has 4 aromatic rings. The lowest BCUT2D eigenvalue weighted by Crippen LogP contribution is -2.62. The van der Waals surface area contributed by atoms with Crippen molar-refractivity contribution in [3.8, 4) is 28.1 Å². The third kappa shape index (κ3) is 9.65. The van der Waals surface area contributed by atoms with Gasteiger partial charge in [-0.2, -0.15) is 0 Å². The minimum Gasteiger partial charge on any atom is -0.508 e. The summed E-state index contributed by atoms with van der Waals surface area (Å²) < 4.78 is 8.41. The van der Waals surface area contributed by atoms with Crippen LogP contribution in [-0.2, 0) is 54.5 Å². The van der Waals surface area contributed by atoms with E-state index in [1.54, 1.807) is 19.2 Å². The molecule has 0 spiro atoms. The van der Waals surface area contributed by atoms with Crippen LogP contribution in [0.25, 0.3) is 33.3 Å². The van der Waals surface area contributed by atoms with Crippen molar-refractivity contribution in [2.75, 3.05) is 33.8 Å². The molecule has 6 bridgehead atoms. The summed E-state index contributed by atoms with van der Waals surface area (Å²) in [7, 11) is 3.09. The first-order chi connectivity index (χ1) is 30.4. The lowest BCUT2D eigenvalue weighted by molar-refractivity contribution is -0.155. The number of carbonyl (C=O) groups is 5. The molecular weight excluding hydrogens is 813 g/mol. The third-order valence-corrected chi connectivity index (χ3v) is 13.0. The first kappa shape index (κ1) is 46.2. The molecule has 15 heteroatoms. The smallest absolute Gasteiger partial charge is 0.324 e. The fourth-order valence-corrected chi connectivity index (χ4v) is 9.44. The lowest BCUT2D eigenvalue weighted by atomic mass is 9.84. The molecule has 342 valence electrons. The standard InChI is InChI=1S/C49H64N8O7/c1-10-31-16-17-50-25-37(31)44-36-24-49(6,7)27-64-48(63)38-13-12-18-57(53-38)46(61)39(21-30-19-33(22-34(58)20-30)32-14-15-40(35(36)23-32)56(44)11-2)52-45(60)43(28(3)4)55(9)41(59)26-54(8)47(62)42-29(5)51-42/h14-17,19-20,22-23,25,28-29,38-39,42-43,51,53,58H,10-13,18,21,24,26-27H2,1-9H3,(H,52,60)/t29-,38+,39+,42+,43+/m1/s1. The van der Waals surface area contributed by atoms with E-state index in [0.717, 1.165) is 45.3 Å². The van der Waals surface area contributed by atoms with Gasteiger partial charge in [0.25, 0.3) is 5.91 Å². The molecule has 3 aliphatic rings. The number of hydrogen-bond acceptors (Lipinski definition) is 10. The van der Waals surface area contributed by atoms with Gasteiger partial charge in [-0.3, -0.25) is 39.3 Å². The second-order valence-electron chi connectivity index (χ2n) is 18.9. The Morgan fingerprint density at radius 2 is 1.81 bits per heavy atom. The average molecular weight is 877 g/mol. The highest BCUT2D eigenvalue weighted by atomic mass is 16.5. The van der Waals surface area contributed by atoms with Gasteiger partial charge in [-0.25, -0.2) is 5.43 Å². The highest BCUT2D eigenvalue weighted by molar-refractivity contribution is 5.96. The zero-order valence-electron chi connectivity index (χ0n) is 38.7. The van der Waals surface area contributed by atoms with E-state index in [9.17, 15) is 29.1 Å². The van der Waals surface area contributed by atoms with E-state index >= 15 is 0 Å². The number of ether oxygens (including phenoxy) is 1. The van der Waals surface area contributed by atoms with Gasteiger partial charge in [0.15, 0.2) is 0 Å². The number of amides is 4. The van der Waals surface area contributed by atoms with Crippen LogP contribution < -0.4 is 16.1 Å². The van der Waals surface area contributed by atoms with Crippen LogP contribution in [0.5, 0.6) is 5.75 Å². The molecule has 2 saturated heterocycles. The molecule has 0 radical (unpaired) electrons. The lowest BCUT2D eigenvalue weighted by Gasteiger charge is -2.37. The predicted octanol–water partition coefficient (Wildman–Crippen LogP) is 4.61. The first-order valence-corrected chi connectivity index (χ1v) is 22.6. The molecule has 5 heterocycles. The molecule has 5 atom stereocenters. The fraction of sp³-hybridized carbons (Fsp3) is 0.510. The zero-order chi connectivity index (χ0) is 46.2. The number of phenols is 1. The first-order valence-electron chi connectivity index (χ1n) is 22.6. The Hall–Kier alpha value is -5.80. The van der Waals surface area contributed by atoms with Gasteiger partial charge in [-0.15, -0.1) is 0 Å². The van der Waals surface area contributed by atoms with Gasteiger partial charge in [0.05, 0.1) is 18.8 Å². The molecule has 2 fully saturated rings. The van der Waals surface area contributed by atoms with E-state index in [-0.39, 0.29) is 55.8 Å². The number of nitrogens with one attached hydrogen (secondary N) is 3. The number of likely N-dealkylation sites (N-methyl/N-ethyl adjacent to an activating group) is 2. The van der Waals surface area contributed by atoms with Crippen LogP contribution in [0, 0.1) is 11.3 Å². The number of nitrogens with zero attached hydrogens (tertiary/aromatic N) is 5. The molecule has 64 heavy (non-hydrogen) atoms. The molecule has 4 N–H and O–H groups in total. The molecule has 7 rings (SSSR count). The summed E-state index contributed by atoms with van der Waals surface area (Å²) in [5.74, 6) is -2.51. The van der Waals surface area contributed by atoms with Crippen LogP contribution in [0.2, 0.25) is 0 Å². The summed E-state index contributed by atoms with van der Waals surface area (Å²) in [5, 5.41) is 19.7. The molecule has 15 nitrogen and oxygen atoms in total. The van der Waals surface area contributed by atoms with E-state index in [4.69, 9.17) is 4.74 Å². The molecule has 3 aliphatic heterocycles. The number of aromatic nitrogens is 2. The summed E-state index contributed by atoms with van der Waals surface area (Å²) >= 11 is 0. The topological polar surface area (TPSA) is 188 Å². The second-order valence-corrected chi connectivity index (χ2v) is 18.9.